The monoisotopic (exact) mass is 286 g/mol. The van der Waals surface area contributed by atoms with Crippen LogP contribution in [0.5, 0.6) is 0 Å². The summed E-state index contributed by atoms with van der Waals surface area (Å²) >= 11 is 5.41. The van der Waals surface area contributed by atoms with Crippen molar-refractivity contribution in [1.29, 1.82) is 0 Å². The van der Waals surface area contributed by atoms with E-state index in [2.05, 4.69) is 31.8 Å². The number of benzene rings is 1. The number of hydrogen-bond donors (Lipinski definition) is 1. The van der Waals surface area contributed by atoms with Crippen LogP contribution in [0, 0.1) is 16.6 Å². The molecule has 2 fully saturated rings. The van der Waals surface area contributed by atoms with Gasteiger partial charge in [0.1, 0.15) is 0 Å². The van der Waals surface area contributed by atoms with E-state index >= 15 is 0 Å². The predicted octanol–water partition coefficient (Wildman–Crippen LogP) is 3.17. The molecule has 1 aromatic carbocycles. The number of aromatic amines is 1. The SMILES string of the molecule is S=c1[nH]nc(N2CC3CCCC3C2)n1-c1ccccc1. The minimum Gasteiger partial charge on any atom is -0.340 e. The van der Waals surface area contributed by atoms with Crippen molar-refractivity contribution in [2.24, 2.45) is 11.8 Å². The molecular weight excluding hydrogens is 268 g/mol. The molecule has 2 aromatic rings. The molecule has 1 aliphatic carbocycles. The highest BCUT2D eigenvalue weighted by Gasteiger charge is 2.37. The Labute approximate surface area is 123 Å². The van der Waals surface area contributed by atoms with Gasteiger partial charge in [0.05, 0.1) is 5.69 Å². The Kier molecular flexibility index (Phi) is 2.88. The first-order valence-corrected chi connectivity index (χ1v) is 7.71. The highest BCUT2D eigenvalue weighted by atomic mass is 32.1. The molecule has 1 saturated carbocycles. The van der Waals surface area contributed by atoms with E-state index in [1.165, 1.54) is 19.3 Å². The van der Waals surface area contributed by atoms with Crippen LogP contribution in [0.25, 0.3) is 5.69 Å². The van der Waals surface area contributed by atoms with Gasteiger partial charge in [0, 0.05) is 13.1 Å². The number of rotatable bonds is 2. The normalized spacial score (nSPS) is 25.1. The Hall–Kier alpha value is -1.62. The summed E-state index contributed by atoms with van der Waals surface area (Å²) in [6.45, 7) is 2.24. The largest absolute Gasteiger partial charge is 0.340 e. The van der Waals surface area contributed by atoms with Gasteiger partial charge in [0.25, 0.3) is 0 Å². The Morgan fingerprint density at radius 3 is 2.50 bits per heavy atom. The third kappa shape index (κ3) is 1.88. The van der Waals surface area contributed by atoms with E-state index in [0.717, 1.165) is 36.6 Å². The minimum absolute atomic E-state index is 0.670. The molecule has 0 amide bonds. The molecule has 2 unspecified atom stereocenters. The average Bonchev–Trinajstić information content (AvgIpc) is 3.12. The van der Waals surface area contributed by atoms with Crippen LogP contribution in [0.2, 0.25) is 0 Å². The van der Waals surface area contributed by atoms with Gasteiger partial charge in [-0.1, -0.05) is 24.6 Å². The summed E-state index contributed by atoms with van der Waals surface area (Å²) in [6.07, 6.45) is 4.14. The van der Waals surface area contributed by atoms with Crippen molar-refractivity contribution in [3.63, 3.8) is 0 Å². The van der Waals surface area contributed by atoms with Crippen LogP contribution in [-0.2, 0) is 0 Å². The van der Waals surface area contributed by atoms with Crippen molar-refractivity contribution in [2.75, 3.05) is 18.0 Å². The van der Waals surface area contributed by atoms with Crippen LogP contribution in [0.1, 0.15) is 19.3 Å². The molecule has 1 aromatic heterocycles. The molecule has 4 nitrogen and oxygen atoms in total. The molecule has 2 heterocycles. The summed E-state index contributed by atoms with van der Waals surface area (Å²) in [5, 5.41) is 7.43. The van der Waals surface area contributed by atoms with Crippen molar-refractivity contribution in [2.45, 2.75) is 19.3 Å². The lowest BCUT2D eigenvalue weighted by Gasteiger charge is -2.19. The van der Waals surface area contributed by atoms with E-state index in [1.807, 2.05) is 18.2 Å². The van der Waals surface area contributed by atoms with Crippen LogP contribution in [0.4, 0.5) is 5.95 Å². The molecule has 20 heavy (non-hydrogen) atoms. The van der Waals surface area contributed by atoms with Gasteiger partial charge in [-0.05, 0) is 49.0 Å². The molecule has 1 N–H and O–H groups in total. The Bertz CT molecular complexity index is 648. The van der Waals surface area contributed by atoms with Gasteiger partial charge in [-0.3, -0.25) is 4.57 Å². The molecule has 1 saturated heterocycles. The summed E-state index contributed by atoms with van der Waals surface area (Å²) in [5.74, 6) is 2.67. The van der Waals surface area contributed by atoms with Crippen LogP contribution in [0.3, 0.4) is 0 Å². The predicted molar refractivity (Wildman–Crippen MR) is 81.8 cm³/mol. The molecule has 0 spiro atoms. The molecule has 0 radical (unpaired) electrons. The lowest BCUT2D eigenvalue weighted by molar-refractivity contribution is 0.494. The Balaban J connectivity index is 1.72. The maximum Gasteiger partial charge on any atom is 0.230 e. The molecular formula is C15H18N4S. The Morgan fingerprint density at radius 1 is 1.10 bits per heavy atom. The summed E-state index contributed by atoms with van der Waals surface area (Å²) < 4.78 is 2.72. The molecule has 0 bridgehead atoms. The third-order valence-corrected chi connectivity index (χ3v) is 4.95. The molecule has 2 atom stereocenters. The third-order valence-electron chi connectivity index (χ3n) is 4.68. The van der Waals surface area contributed by atoms with Gasteiger partial charge in [-0.25, -0.2) is 5.10 Å². The smallest absolute Gasteiger partial charge is 0.230 e. The number of fused-ring (bicyclic) bond motifs is 1. The Morgan fingerprint density at radius 2 is 1.80 bits per heavy atom. The lowest BCUT2D eigenvalue weighted by atomic mass is 10.0. The second-order valence-electron chi connectivity index (χ2n) is 5.86. The van der Waals surface area contributed by atoms with E-state index in [4.69, 9.17) is 12.2 Å². The lowest BCUT2D eigenvalue weighted by Crippen LogP contribution is -2.24. The summed E-state index contributed by atoms with van der Waals surface area (Å²) in [7, 11) is 0. The van der Waals surface area contributed by atoms with Crippen molar-refractivity contribution in [1.82, 2.24) is 14.8 Å². The van der Waals surface area contributed by atoms with E-state index in [0.29, 0.717) is 4.77 Å². The van der Waals surface area contributed by atoms with Gasteiger partial charge in [-0.15, -0.1) is 5.10 Å². The first kappa shape index (κ1) is 12.1. The second-order valence-corrected chi connectivity index (χ2v) is 6.24. The first-order chi connectivity index (χ1) is 9.83. The van der Waals surface area contributed by atoms with E-state index in [-0.39, 0.29) is 0 Å². The van der Waals surface area contributed by atoms with Gasteiger partial charge in [-0.2, -0.15) is 0 Å². The summed E-state index contributed by atoms with van der Waals surface area (Å²) in [4.78, 5) is 2.40. The van der Waals surface area contributed by atoms with Gasteiger partial charge in [0.2, 0.25) is 10.7 Å². The van der Waals surface area contributed by atoms with Crippen LogP contribution < -0.4 is 4.90 Å². The topological polar surface area (TPSA) is 36.9 Å². The number of H-pyrrole nitrogens is 1. The zero-order chi connectivity index (χ0) is 13.5. The number of para-hydroxylation sites is 1. The standard InChI is InChI=1S/C15H18N4S/c20-15-17-16-14(19(15)13-7-2-1-3-8-13)18-9-11-5-4-6-12(11)10-18/h1-3,7-8,11-12H,4-6,9-10H2,(H,17,20). The number of nitrogens with one attached hydrogen (secondary N) is 1. The average molecular weight is 286 g/mol. The quantitative estimate of drug-likeness (QED) is 0.862. The van der Waals surface area contributed by atoms with E-state index in [9.17, 15) is 0 Å². The molecule has 5 heteroatoms. The van der Waals surface area contributed by atoms with Crippen LogP contribution >= 0.6 is 12.2 Å². The highest BCUT2D eigenvalue weighted by molar-refractivity contribution is 7.71. The van der Waals surface area contributed by atoms with E-state index in [1.54, 1.807) is 0 Å². The van der Waals surface area contributed by atoms with Crippen molar-refractivity contribution >= 4 is 18.2 Å². The molecule has 4 rings (SSSR count). The fraction of sp³-hybridized carbons (Fsp3) is 0.467. The molecule has 104 valence electrons. The first-order valence-electron chi connectivity index (χ1n) is 7.31. The summed E-state index contributed by atoms with van der Waals surface area (Å²) in [6, 6.07) is 10.2. The molecule has 2 aliphatic rings. The zero-order valence-corrected chi connectivity index (χ0v) is 12.1. The van der Waals surface area contributed by atoms with Crippen molar-refractivity contribution in [3.8, 4) is 5.69 Å². The fourth-order valence-corrected chi connectivity index (χ4v) is 3.94. The number of nitrogens with zero attached hydrogens (tertiary/aromatic N) is 3. The van der Waals surface area contributed by atoms with Crippen LogP contribution in [0.15, 0.2) is 30.3 Å². The van der Waals surface area contributed by atoms with Crippen molar-refractivity contribution < 1.29 is 0 Å². The maximum absolute atomic E-state index is 5.41. The highest BCUT2D eigenvalue weighted by Crippen LogP contribution is 2.39. The minimum atomic E-state index is 0.670. The zero-order valence-electron chi connectivity index (χ0n) is 11.3. The van der Waals surface area contributed by atoms with Crippen molar-refractivity contribution in [3.05, 3.63) is 35.1 Å². The maximum atomic E-state index is 5.41. The van der Waals surface area contributed by atoms with Gasteiger partial charge < -0.3 is 4.90 Å². The number of anilines is 1. The number of hydrogen-bond acceptors (Lipinski definition) is 3. The molecule has 1 aliphatic heterocycles. The second kappa shape index (κ2) is 4.74. The fourth-order valence-electron chi connectivity index (χ4n) is 3.71. The van der Waals surface area contributed by atoms with Gasteiger partial charge >= 0.3 is 0 Å². The van der Waals surface area contributed by atoms with Gasteiger partial charge in [0.15, 0.2) is 0 Å². The van der Waals surface area contributed by atoms with Crippen LogP contribution in [-0.4, -0.2) is 27.9 Å². The van der Waals surface area contributed by atoms with E-state index < -0.39 is 0 Å². The number of aromatic nitrogens is 3. The summed E-state index contributed by atoms with van der Waals surface area (Å²) in [5.41, 5.74) is 1.08.